The van der Waals surface area contributed by atoms with Gasteiger partial charge in [-0.15, -0.1) is 4.36 Å². The van der Waals surface area contributed by atoms with Crippen molar-refractivity contribution in [3.8, 4) is 5.75 Å². The third kappa shape index (κ3) is 8.31. The molecule has 272 valence electrons. The van der Waals surface area contributed by atoms with Gasteiger partial charge in [-0.05, 0) is 91.3 Å². The number of amides is 3. The van der Waals surface area contributed by atoms with Crippen LogP contribution in [0.2, 0.25) is 5.02 Å². The number of anilines is 1. The molecule has 4 aliphatic rings. The van der Waals surface area contributed by atoms with Crippen molar-refractivity contribution < 1.29 is 32.7 Å². The van der Waals surface area contributed by atoms with Gasteiger partial charge in [0.25, 0.3) is 5.91 Å². The maximum absolute atomic E-state index is 14.6. The highest BCUT2D eigenvalue weighted by atomic mass is 35.5. The Morgan fingerprint density at radius 3 is 2.48 bits per heavy atom. The molecular formula is C37H49ClN4O7S. The van der Waals surface area contributed by atoms with Crippen molar-refractivity contribution in [3.05, 3.63) is 70.3 Å². The molecule has 1 unspecified atom stereocenters. The number of ether oxygens (including phenoxy) is 4. The fourth-order valence-corrected chi connectivity index (χ4v) is 9.48. The largest absolute Gasteiger partial charge is 0.491 e. The molecule has 1 N–H and O–H groups in total. The lowest BCUT2D eigenvalue weighted by atomic mass is 9.70. The molecule has 11 nitrogen and oxygen atoms in total. The van der Waals surface area contributed by atoms with Crippen LogP contribution in [0.4, 0.5) is 10.5 Å². The Morgan fingerprint density at radius 1 is 0.980 bits per heavy atom. The second-order valence-corrected chi connectivity index (χ2v) is 16.4. The van der Waals surface area contributed by atoms with Gasteiger partial charge in [0.1, 0.15) is 15.7 Å². The van der Waals surface area contributed by atoms with E-state index in [0.29, 0.717) is 49.5 Å². The van der Waals surface area contributed by atoms with Crippen molar-refractivity contribution in [2.45, 2.75) is 63.9 Å². The van der Waals surface area contributed by atoms with E-state index in [1.165, 1.54) is 16.0 Å². The number of urea groups is 1. The lowest BCUT2D eigenvalue weighted by molar-refractivity contribution is -0.00646. The summed E-state index contributed by atoms with van der Waals surface area (Å²) in [5.41, 5.74) is 3.40. The first-order valence-electron chi connectivity index (χ1n) is 17.5. The van der Waals surface area contributed by atoms with Gasteiger partial charge in [-0.2, -0.15) is 0 Å². The van der Waals surface area contributed by atoms with Crippen molar-refractivity contribution in [2.75, 3.05) is 58.2 Å². The molecular weight excluding hydrogens is 680 g/mol. The van der Waals surface area contributed by atoms with Gasteiger partial charge in [-0.1, -0.05) is 36.7 Å². The van der Waals surface area contributed by atoms with Crippen LogP contribution in [0, 0.1) is 17.8 Å². The first-order chi connectivity index (χ1) is 24.1. The van der Waals surface area contributed by atoms with E-state index in [4.69, 9.17) is 30.5 Å². The van der Waals surface area contributed by atoms with E-state index < -0.39 is 28.0 Å². The summed E-state index contributed by atoms with van der Waals surface area (Å²) in [7, 11) is 1.31. The van der Waals surface area contributed by atoms with Crippen molar-refractivity contribution in [3.63, 3.8) is 0 Å². The normalized spacial score (nSPS) is 29.9. The Labute approximate surface area is 300 Å². The second-order valence-electron chi connectivity index (χ2n) is 13.9. The molecule has 1 saturated carbocycles. The molecule has 0 aromatic heterocycles. The first kappa shape index (κ1) is 36.6. The number of halogens is 1. The van der Waals surface area contributed by atoms with Gasteiger partial charge in [0.05, 0.1) is 49.4 Å². The number of carbonyl (C=O) groups excluding carboxylic acids is 2. The van der Waals surface area contributed by atoms with Crippen LogP contribution in [-0.4, -0.2) is 92.7 Å². The number of fused-ring (bicyclic) bond motifs is 3. The Bertz CT molecular complexity index is 1710. The van der Waals surface area contributed by atoms with Gasteiger partial charge >= 0.3 is 6.03 Å². The monoisotopic (exact) mass is 728 g/mol. The number of carbonyl (C=O) groups is 2. The van der Waals surface area contributed by atoms with Gasteiger partial charge in [0.2, 0.25) is 0 Å². The molecule has 6 rings (SSSR count). The molecule has 2 bridgehead atoms. The van der Waals surface area contributed by atoms with Crippen molar-refractivity contribution >= 4 is 39.1 Å². The summed E-state index contributed by atoms with van der Waals surface area (Å²) in [6, 6.07) is 10.8. The minimum Gasteiger partial charge on any atom is -0.491 e. The lowest BCUT2D eigenvalue weighted by Crippen LogP contribution is -2.58. The number of nitrogens with one attached hydrogen (secondary N) is 1. The highest BCUT2D eigenvalue weighted by molar-refractivity contribution is 7.92. The fourth-order valence-electron chi connectivity index (χ4n) is 7.40. The molecule has 0 radical (unpaired) electrons. The second kappa shape index (κ2) is 16.0. The molecule has 3 amide bonds. The van der Waals surface area contributed by atoms with Crippen LogP contribution in [0.3, 0.4) is 0 Å². The van der Waals surface area contributed by atoms with Crippen LogP contribution in [0.25, 0.3) is 0 Å². The topological polar surface area (TPSA) is 119 Å². The van der Waals surface area contributed by atoms with E-state index >= 15 is 0 Å². The summed E-state index contributed by atoms with van der Waals surface area (Å²) in [6.45, 7) is 4.42. The van der Waals surface area contributed by atoms with Gasteiger partial charge in [0.15, 0.2) is 0 Å². The molecule has 3 aliphatic heterocycles. The highest BCUT2D eigenvalue weighted by Crippen LogP contribution is 2.42. The van der Waals surface area contributed by atoms with Crippen LogP contribution >= 0.6 is 11.6 Å². The number of methoxy groups -OCH3 is 3. The molecule has 2 aromatic carbocycles. The SMILES string of the molecule is COC1CN(C(=O)NS2(=O)=NC(=O)c3ccc4c(c3)N(Cc3ccc(Cl)cc3CCCCO4)C[C@@H]3CC[C@H]3[C@@H](OC)/C=C/[C@H](OC)[C@H](C)C2)C1. The summed E-state index contributed by atoms with van der Waals surface area (Å²) in [6.07, 6.45) is 8.05. The van der Waals surface area contributed by atoms with Gasteiger partial charge < -0.3 is 28.7 Å². The summed E-state index contributed by atoms with van der Waals surface area (Å²) in [5, 5.41) is 0.707. The van der Waals surface area contributed by atoms with Crippen LogP contribution in [0.5, 0.6) is 5.75 Å². The maximum Gasteiger partial charge on any atom is 0.330 e. The fraction of sp³-hybridized carbons (Fsp3) is 0.568. The third-order valence-corrected chi connectivity index (χ3v) is 12.7. The van der Waals surface area contributed by atoms with E-state index in [1.54, 1.807) is 33.5 Å². The summed E-state index contributed by atoms with van der Waals surface area (Å²) in [4.78, 5) is 31.0. The zero-order chi connectivity index (χ0) is 35.4. The number of benzene rings is 2. The van der Waals surface area contributed by atoms with Crippen molar-refractivity contribution in [1.82, 2.24) is 9.62 Å². The smallest absolute Gasteiger partial charge is 0.330 e. The molecule has 2 aromatic rings. The number of rotatable bonds is 4. The van der Waals surface area contributed by atoms with E-state index in [-0.39, 0.29) is 35.4 Å². The van der Waals surface area contributed by atoms with Crippen LogP contribution < -0.4 is 14.4 Å². The first-order valence-corrected chi connectivity index (χ1v) is 19.6. The highest BCUT2D eigenvalue weighted by Gasteiger charge is 2.39. The van der Waals surface area contributed by atoms with Gasteiger partial charge in [-0.25, -0.2) is 9.00 Å². The number of hydrogen-bond donors (Lipinski definition) is 1. The van der Waals surface area contributed by atoms with Gasteiger partial charge in [-0.3, -0.25) is 9.52 Å². The van der Waals surface area contributed by atoms with Crippen LogP contribution in [-0.2, 0) is 37.1 Å². The standard InChI is InChI=1S/C37H49ClN4O7S/c1-24-23-50(45,40-37(44)42-21-30(22-42)46-2)39-36(43)26-10-13-35-32(18-26)41(19-27-8-11-29(38)17-25(27)7-5-6-16-49-35)20-28-9-12-31(28)34(48-4)15-14-33(24)47-3/h8,10-11,13-15,17-18,24,28,30-31,33-34H,5-7,9,12,16,19-23H2,1-4H3,(H,39,40,43,44,45)/b15-14+/t24-,28+,31-,33+,34+,50?/m1/s1. The molecule has 1 saturated heterocycles. The minimum atomic E-state index is -3.60. The van der Waals surface area contributed by atoms with E-state index in [1.807, 2.05) is 31.2 Å². The summed E-state index contributed by atoms with van der Waals surface area (Å²) < 4.78 is 45.1. The van der Waals surface area contributed by atoms with Crippen molar-refractivity contribution in [1.29, 1.82) is 0 Å². The number of hydrogen-bond acceptors (Lipinski definition) is 8. The van der Waals surface area contributed by atoms with E-state index in [0.717, 1.165) is 37.8 Å². The molecule has 50 heavy (non-hydrogen) atoms. The Balaban J connectivity index is 1.45. The Morgan fingerprint density at radius 2 is 1.76 bits per heavy atom. The maximum atomic E-state index is 14.6. The van der Waals surface area contributed by atoms with E-state index in [2.05, 4.69) is 26.1 Å². The summed E-state index contributed by atoms with van der Waals surface area (Å²) >= 11 is 6.46. The van der Waals surface area contributed by atoms with Crippen molar-refractivity contribution in [2.24, 2.45) is 22.1 Å². The predicted molar refractivity (Wildman–Crippen MR) is 194 cm³/mol. The van der Waals surface area contributed by atoms with Gasteiger partial charge in [0, 0.05) is 45.0 Å². The zero-order valence-electron chi connectivity index (χ0n) is 29.3. The number of nitrogens with zero attached hydrogens (tertiary/aromatic N) is 3. The number of aryl methyl sites for hydroxylation is 1. The molecule has 13 heteroatoms. The minimum absolute atomic E-state index is 0.0875. The molecule has 0 spiro atoms. The molecule has 2 fully saturated rings. The zero-order valence-corrected chi connectivity index (χ0v) is 30.9. The average molecular weight is 729 g/mol. The summed E-state index contributed by atoms with van der Waals surface area (Å²) in [5.74, 6) is 0.119. The van der Waals surface area contributed by atoms with Crippen LogP contribution in [0.15, 0.2) is 52.9 Å². The van der Waals surface area contributed by atoms with Crippen LogP contribution in [0.1, 0.15) is 54.1 Å². The predicted octanol–water partition coefficient (Wildman–Crippen LogP) is 5.89. The lowest BCUT2D eigenvalue weighted by Gasteiger charge is -2.43. The Hall–Kier alpha value is -3.16. The molecule has 3 heterocycles. The quantitative estimate of drug-likeness (QED) is 0.388. The average Bonchev–Trinajstić information content (AvgIpc) is 3.08. The Kier molecular flexibility index (Phi) is 11.7. The molecule has 6 atom stereocenters. The number of likely N-dealkylation sites (tertiary alicyclic amines) is 1. The third-order valence-electron chi connectivity index (χ3n) is 10.6. The molecule has 1 aliphatic carbocycles. The van der Waals surface area contributed by atoms with E-state index in [9.17, 15) is 13.8 Å².